The highest BCUT2D eigenvalue weighted by Crippen LogP contribution is 2.39. The Hall–Kier alpha value is -4.85. The summed E-state index contributed by atoms with van der Waals surface area (Å²) in [5.74, 6) is 6.75. The zero-order chi connectivity index (χ0) is 34.7. The van der Waals surface area contributed by atoms with E-state index in [1.54, 1.807) is 54.3 Å². The normalized spacial score (nSPS) is 12.8. The van der Waals surface area contributed by atoms with Gasteiger partial charge in [-0.25, -0.2) is 19.2 Å². The van der Waals surface area contributed by atoms with Crippen LogP contribution in [0.2, 0.25) is 0 Å². The van der Waals surface area contributed by atoms with E-state index in [4.69, 9.17) is 10.6 Å². The molecule has 4 rings (SSSR count). The number of imidazole rings is 1. The Kier molecular flexibility index (Phi) is 10.3. The van der Waals surface area contributed by atoms with Crippen molar-refractivity contribution in [2.75, 3.05) is 35.5 Å². The number of aliphatic hydroxyl groups excluding tert-OH is 1. The molecule has 0 saturated heterocycles. The van der Waals surface area contributed by atoms with Gasteiger partial charge in [0.15, 0.2) is 5.75 Å². The van der Waals surface area contributed by atoms with Crippen LogP contribution >= 0.6 is 0 Å². The Morgan fingerprint density at radius 2 is 1.77 bits per heavy atom. The van der Waals surface area contributed by atoms with E-state index in [0.29, 0.717) is 34.2 Å². The first-order valence-electron chi connectivity index (χ1n) is 14.8. The van der Waals surface area contributed by atoms with Crippen LogP contribution in [0.4, 0.5) is 17.1 Å². The highest BCUT2D eigenvalue weighted by atomic mass is 32.2. The number of aryl methyl sites for hydroxylation is 1. The molecule has 0 aliphatic heterocycles. The minimum Gasteiger partial charge on any atom is -0.492 e. The van der Waals surface area contributed by atoms with E-state index in [2.05, 4.69) is 20.3 Å². The molecule has 47 heavy (non-hydrogen) atoms. The number of nitrogens with zero attached hydrogens (tertiary/aromatic N) is 3. The number of carbonyl (C=O) groups is 1. The van der Waals surface area contributed by atoms with Crippen molar-refractivity contribution in [3.63, 3.8) is 0 Å². The summed E-state index contributed by atoms with van der Waals surface area (Å²) in [7, 11) is 1.34. The maximum Gasteiger partial charge on any atom is 0.255 e. The van der Waals surface area contributed by atoms with Crippen molar-refractivity contribution < 1.29 is 23.1 Å². The lowest BCUT2D eigenvalue weighted by atomic mass is 9.86. The summed E-state index contributed by atoms with van der Waals surface area (Å²) >= 11 is 0. The molecule has 0 saturated carbocycles. The molecule has 1 aromatic heterocycles. The molecule has 3 aromatic carbocycles. The second-order valence-corrected chi connectivity index (χ2v) is 14.0. The van der Waals surface area contributed by atoms with Gasteiger partial charge in [0.2, 0.25) is 10.0 Å². The van der Waals surface area contributed by atoms with Crippen molar-refractivity contribution >= 4 is 38.7 Å². The van der Waals surface area contributed by atoms with E-state index in [1.807, 2.05) is 65.1 Å². The van der Waals surface area contributed by atoms with Crippen molar-refractivity contribution in [1.82, 2.24) is 14.9 Å². The quantitative estimate of drug-likeness (QED) is 0.114. The summed E-state index contributed by atoms with van der Waals surface area (Å²) in [5.41, 5.74) is 4.68. The van der Waals surface area contributed by atoms with E-state index < -0.39 is 22.0 Å². The van der Waals surface area contributed by atoms with Gasteiger partial charge in [0.1, 0.15) is 11.9 Å². The number of benzene rings is 3. The third kappa shape index (κ3) is 8.12. The lowest BCUT2D eigenvalue weighted by Gasteiger charge is -2.24. The molecule has 1 atom stereocenters. The van der Waals surface area contributed by atoms with Crippen LogP contribution in [0.25, 0.3) is 5.70 Å². The van der Waals surface area contributed by atoms with Gasteiger partial charge in [0, 0.05) is 25.9 Å². The second kappa shape index (κ2) is 13.9. The highest BCUT2D eigenvalue weighted by molar-refractivity contribution is 7.92. The van der Waals surface area contributed by atoms with Crippen LogP contribution in [0.15, 0.2) is 73.1 Å². The standard InChI is InChI=1S/C34H43N7O5S/c1-21-14-15-23(33(43)38-25-17-24(34(2,3)4)18-26(31(25)46-7)39-47(8,44)45)16-28(21)41(35)20-27(36-5)29-19-37-32(40(29)6)30(42)22-12-10-9-11-13-22/h9-20,30,36,39,42H,35H2,1-8H3,(H,38,43)/b27-20-. The summed E-state index contributed by atoms with van der Waals surface area (Å²) in [5, 5.41) is 18.4. The van der Waals surface area contributed by atoms with Gasteiger partial charge in [-0.05, 0) is 53.3 Å². The molecule has 1 heterocycles. The molecule has 4 aromatic rings. The fourth-order valence-electron chi connectivity index (χ4n) is 5.05. The first kappa shape index (κ1) is 35.0. The van der Waals surface area contributed by atoms with E-state index >= 15 is 0 Å². The number of sulfonamides is 1. The van der Waals surface area contributed by atoms with Gasteiger partial charge in [-0.1, -0.05) is 57.2 Å². The van der Waals surface area contributed by atoms with Crippen molar-refractivity contribution in [1.29, 1.82) is 0 Å². The number of ether oxygens (including phenoxy) is 1. The fourth-order valence-corrected chi connectivity index (χ4v) is 5.60. The topological polar surface area (TPSA) is 164 Å². The Labute approximate surface area is 276 Å². The number of hydrogen-bond donors (Lipinski definition) is 5. The average molecular weight is 662 g/mol. The van der Waals surface area contributed by atoms with Gasteiger partial charge in [0.25, 0.3) is 5.91 Å². The zero-order valence-electron chi connectivity index (χ0n) is 27.9. The van der Waals surface area contributed by atoms with Gasteiger partial charge in [-0.2, -0.15) is 0 Å². The van der Waals surface area contributed by atoms with Crippen LogP contribution in [-0.4, -0.2) is 49.4 Å². The molecule has 0 spiro atoms. The van der Waals surface area contributed by atoms with Gasteiger partial charge < -0.3 is 25.0 Å². The summed E-state index contributed by atoms with van der Waals surface area (Å²) in [6.07, 6.45) is 3.47. The second-order valence-electron chi connectivity index (χ2n) is 12.3. The largest absolute Gasteiger partial charge is 0.492 e. The van der Waals surface area contributed by atoms with Crippen LogP contribution in [0.1, 0.15) is 65.4 Å². The van der Waals surface area contributed by atoms with E-state index in [9.17, 15) is 18.3 Å². The number of amides is 1. The smallest absolute Gasteiger partial charge is 0.255 e. The summed E-state index contributed by atoms with van der Waals surface area (Å²) in [6.45, 7) is 7.83. The number of nitrogens with one attached hydrogen (secondary N) is 3. The van der Waals surface area contributed by atoms with Crippen LogP contribution < -0.4 is 30.9 Å². The number of nitrogens with two attached hydrogens (primary N) is 1. The molecule has 250 valence electrons. The van der Waals surface area contributed by atoms with Crippen LogP contribution in [0.3, 0.4) is 0 Å². The third-order valence-corrected chi connectivity index (χ3v) is 8.24. The van der Waals surface area contributed by atoms with E-state index in [0.717, 1.165) is 22.9 Å². The number of methoxy groups -OCH3 is 1. The average Bonchev–Trinajstić information content (AvgIpc) is 3.39. The van der Waals surface area contributed by atoms with E-state index in [-0.39, 0.29) is 16.9 Å². The first-order chi connectivity index (χ1) is 22.0. The maximum absolute atomic E-state index is 13.6. The Morgan fingerprint density at radius 3 is 2.36 bits per heavy atom. The molecule has 6 N–H and O–H groups in total. The molecular weight excluding hydrogens is 618 g/mol. The van der Waals surface area contributed by atoms with Crippen molar-refractivity contribution in [2.45, 2.75) is 39.2 Å². The molecular formula is C34H43N7O5S. The van der Waals surface area contributed by atoms with Gasteiger partial charge >= 0.3 is 0 Å². The Balaban J connectivity index is 1.66. The molecule has 13 heteroatoms. The molecule has 0 bridgehead atoms. The number of carbonyl (C=O) groups excluding carboxylic acids is 1. The van der Waals surface area contributed by atoms with E-state index in [1.165, 1.54) is 12.1 Å². The molecule has 0 fully saturated rings. The third-order valence-electron chi connectivity index (χ3n) is 7.65. The molecule has 0 radical (unpaired) electrons. The predicted molar refractivity (Wildman–Crippen MR) is 187 cm³/mol. The number of aliphatic hydroxyl groups is 1. The summed E-state index contributed by atoms with van der Waals surface area (Å²) in [6, 6.07) is 17.9. The predicted octanol–water partition coefficient (Wildman–Crippen LogP) is 4.64. The minimum atomic E-state index is -3.63. The van der Waals surface area contributed by atoms with Gasteiger partial charge in [-0.15, -0.1) is 0 Å². The molecule has 12 nitrogen and oxygen atoms in total. The van der Waals surface area contributed by atoms with Crippen LogP contribution in [0, 0.1) is 6.92 Å². The van der Waals surface area contributed by atoms with Crippen molar-refractivity contribution in [3.05, 3.63) is 107 Å². The Bertz CT molecular complexity index is 1900. The molecule has 1 amide bonds. The number of anilines is 3. The monoisotopic (exact) mass is 661 g/mol. The van der Waals surface area contributed by atoms with Gasteiger partial charge in [0.05, 0.1) is 48.0 Å². The number of hydrazine groups is 1. The minimum absolute atomic E-state index is 0.180. The lowest BCUT2D eigenvalue weighted by molar-refractivity contribution is 0.102. The molecule has 1 unspecified atom stereocenters. The van der Waals surface area contributed by atoms with Crippen molar-refractivity contribution in [2.24, 2.45) is 12.9 Å². The molecule has 0 aliphatic carbocycles. The highest BCUT2D eigenvalue weighted by Gasteiger charge is 2.23. The lowest BCUT2D eigenvalue weighted by Crippen LogP contribution is -2.28. The van der Waals surface area contributed by atoms with Gasteiger partial charge in [-0.3, -0.25) is 14.5 Å². The maximum atomic E-state index is 13.6. The molecule has 0 aliphatic rings. The number of aromatic nitrogens is 2. The fraction of sp³-hybridized carbons (Fsp3) is 0.294. The zero-order valence-corrected chi connectivity index (χ0v) is 28.7. The first-order valence-corrected chi connectivity index (χ1v) is 16.7. The summed E-state index contributed by atoms with van der Waals surface area (Å²) < 4.78 is 34.1. The van der Waals surface area contributed by atoms with Crippen molar-refractivity contribution in [3.8, 4) is 5.75 Å². The SMILES string of the molecule is CN/C(=C\N(N)c1cc(C(=O)Nc2cc(C(C)(C)C)cc(NS(C)(=O)=O)c2OC)ccc1C)c1cnc(C(O)c2ccccc2)n1C. The Morgan fingerprint density at radius 1 is 1.11 bits per heavy atom. The number of hydrogen-bond acceptors (Lipinski definition) is 9. The van der Waals surface area contributed by atoms with Crippen LogP contribution in [-0.2, 0) is 22.5 Å². The summed E-state index contributed by atoms with van der Waals surface area (Å²) in [4.78, 5) is 18.1. The van der Waals surface area contributed by atoms with Crippen LogP contribution in [0.5, 0.6) is 5.75 Å². The number of rotatable bonds is 11.